The first-order chi connectivity index (χ1) is 12.7. The predicted molar refractivity (Wildman–Crippen MR) is 105 cm³/mol. The number of aromatic nitrogens is 1. The van der Waals surface area contributed by atoms with Crippen molar-refractivity contribution in [1.82, 2.24) is 15.2 Å². The van der Waals surface area contributed by atoms with E-state index >= 15 is 0 Å². The molecule has 0 radical (unpaired) electrons. The van der Waals surface area contributed by atoms with Gasteiger partial charge < -0.3 is 15.2 Å². The third kappa shape index (κ3) is 5.39. The van der Waals surface area contributed by atoms with E-state index in [9.17, 15) is 4.79 Å². The zero-order valence-corrected chi connectivity index (χ0v) is 15.2. The first-order valence-corrected chi connectivity index (χ1v) is 9.02. The second kappa shape index (κ2) is 9.11. The average molecular weight is 368 g/mol. The van der Waals surface area contributed by atoms with Gasteiger partial charge in [0.1, 0.15) is 0 Å². The third-order valence-electron chi connectivity index (χ3n) is 4.16. The highest BCUT2D eigenvalue weighted by Gasteiger charge is 2.05. The highest BCUT2D eigenvalue weighted by Crippen LogP contribution is 2.12. The summed E-state index contributed by atoms with van der Waals surface area (Å²) >= 11 is 5.93. The molecule has 1 heterocycles. The SMILES string of the molecule is O=C(NCCc1ccccc1)NCc1cccn1Cc1ccc(Cl)cc1. The summed E-state index contributed by atoms with van der Waals surface area (Å²) in [6.45, 7) is 1.84. The van der Waals surface area contributed by atoms with Crippen LogP contribution in [0.1, 0.15) is 16.8 Å². The van der Waals surface area contributed by atoms with Crippen molar-refractivity contribution in [1.29, 1.82) is 0 Å². The van der Waals surface area contributed by atoms with Gasteiger partial charge >= 0.3 is 6.03 Å². The van der Waals surface area contributed by atoms with Crippen molar-refractivity contribution in [2.24, 2.45) is 0 Å². The van der Waals surface area contributed by atoms with Gasteiger partial charge in [-0.25, -0.2) is 4.79 Å². The molecule has 5 heteroatoms. The first kappa shape index (κ1) is 18.1. The van der Waals surface area contributed by atoms with E-state index in [2.05, 4.69) is 27.3 Å². The molecular formula is C21H22ClN3O. The summed E-state index contributed by atoms with van der Waals surface area (Å²) in [4.78, 5) is 12.0. The van der Waals surface area contributed by atoms with Gasteiger partial charge in [0.05, 0.1) is 6.54 Å². The molecule has 0 bridgehead atoms. The molecule has 0 spiro atoms. The van der Waals surface area contributed by atoms with Crippen LogP contribution in [0.5, 0.6) is 0 Å². The Balaban J connectivity index is 1.45. The molecule has 134 valence electrons. The Morgan fingerprint density at radius 1 is 0.885 bits per heavy atom. The largest absolute Gasteiger partial charge is 0.345 e. The Morgan fingerprint density at radius 2 is 1.65 bits per heavy atom. The Hall–Kier alpha value is -2.72. The number of halogens is 1. The molecule has 0 fully saturated rings. The van der Waals surface area contributed by atoms with E-state index in [4.69, 9.17) is 11.6 Å². The van der Waals surface area contributed by atoms with Gasteiger partial charge in [-0.05, 0) is 41.8 Å². The number of amides is 2. The maximum atomic E-state index is 12.0. The number of rotatable bonds is 7. The minimum Gasteiger partial charge on any atom is -0.345 e. The third-order valence-corrected chi connectivity index (χ3v) is 4.41. The van der Waals surface area contributed by atoms with Gasteiger partial charge in [-0.2, -0.15) is 0 Å². The molecule has 3 rings (SSSR count). The van der Waals surface area contributed by atoms with Crippen molar-refractivity contribution in [3.8, 4) is 0 Å². The van der Waals surface area contributed by atoms with Crippen molar-refractivity contribution >= 4 is 17.6 Å². The lowest BCUT2D eigenvalue weighted by Gasteiger charge is -2.11. The van der Waals surface area contributed by atoms with E-state index in [1.807, 2.05) is 60.8 Å². The summed E-state index contributed by atoms with van der Waals surface area (Å²) in [5, 5.41) is 6.54. The fraction of sp³-hybridized carbons (Fsp3) is 0.190. The van der Waals surface area contributed by atoms with Crippen LogP contribution in [-0.4, -0.2) is 17.1 Å². The Kier molecular flexibility index (Phi) is 6.34. The molecule has 26 heavy (non-hydrogen) atoms. The molecule has 3 aromatic rings. The van der Waals surface area contributed by atoms with Crippen molar-refractivity contribution in [3.05, 3.63) is 94.8 Å². The summed E-state index contributed by atoms with van der Waals surface area (Å²) in [5.74, 6) is 0. The number of carbonyl (C=O) groups excluding carboxylic acids is 1. The number of carbonyl (C=O) groups is 1. The topological polar surface area (TPSA) is 46.1 Å². The average Bonchev–Trinajstić information content (AvgIpc) is 3.10. The van der Waals surface area contributed by atoms with E-state index in [1.165, 1.54) is 11.1 Å². The van der Waals surface area contributed by atoms with Crippen molar-refractivity contribution in [3.63, 3.8) is 0 Å². The van der Waals surface area contributed by atoms with Crippen molar-refractivity contribution in [2.75, 3.05) is 6.54 Å². The van der Waals surface area contributed by atoms with Crippen LogP contribution in [0.2, 0.25) is 5.02 Å². The quantitative estimate of drug-likeness (QED) is 0.645. The smallest absolute Gasteiger partial charge is 0.315 e. The van der Waals surface area contributed by atoms with Crippen LogP contribution >= 0.6 is 11.6 Å². The lowest BCUT2D eigenvalue weighted by molar-refractivity contribution is 0.240. The van der Waals surface area contributed by atoms with E-state index in [0.29, 0.717) is 13.1 Å². The maximum absolute atomic E-state index is 12.0. The van der Waals surface area contributed by atoms with E-state index in [1.54, 1.807) is 0 Å². The van der Waals surface area contributed by atoms with Crippen LogP contribution in [0, 0.1) is 0 Å². The molecule has 0 atom stereocenters. The fourth-order valence-electron chi connectivity index (χ4n) is 2.75. The van der Waals surface area contributed by atoms with Gasteiger partial charge in [-0.15, -0.1) is 0 Å². The lowest BCUT2D eigenvalue weighted by atomic mass is 10.1. The molecule has 0 saturated carbocycles. The van der Waals surface area contributed by atoms with E-state index < -0.39 is 0 Å². The summed E-state index contributed by atoms with van der Waals surface area (Å²) in [5.41, 5.74) is 3.43. The summed E-state index contributed by atoms with van der Waals surface area (Å²) in [6, 6.07) is 21.8. The predicted octanol–water partition coefficient (Wildman–Crippen LogP) is 4.23. The molecule has 0 aliphatic carbocycles. The van der Waals surface area contributed by atoms with Crippen molar-refractivity contribution in [2.45, 2.75) is 19.5 Å². The Morgan fingerprint density at radius 3 is 2.42 bits per heavy atom. The van der Waals surface area contributed by atoms with E-state index in [0.717, 1.165) is 23.7 Å². The number of benzene rings is 2. The van der Waals surface area contributed by atoms with E-state index in [-0.39, 0.29) is 6.03 Å². The number of hydrogen-bond donors (Lipinski definition) is 2. The molecule has 2 N–H and O–H groups in total. The number of hydrogen-bond acceptors (Lipinski definition) is 1. The molecular weight excluding hydrogens is 346 g/mol. The second-order valence-corrected chi connectivity index (χ2v) is 6.54. The van der Waals surface area contributed by atoms with Gasteiger partial charge in [0.2, 0.25) is 0 Å². The zero-order chi connectivity index (χ0) is 18.2. The van der Waals surface area contributed by atoms with Gasteiger partial charge in [0.25, 0.3) is 0 Å². The van der Waals surface area contributed by atoms with Gasteiger partial charge in [0, 0.05) is 30.0 Å². The fourth-order valence-corrected chi connectivity index (χ4v) is 2.88. The Labute approximate surface area is 158 Å². The van der Waals surface area contributed by atoms with Gasteiger partial charge in [-0.1, -0.05) is 54.1 Å². The number of nitrogens with zero attached hydrogens (tertiary/aromatic N) is 1. The van der Waals surface area contributed by atoms with Gasteiger partial charge in [-0.3, -0.25) is 0 Å². The summed E-state index contributed by atoms with van der Waals surface area (Å²) < 4.78 is 2.12. The molecule has 0 aliphatic heterocycles. The van der Waals surface area contributed by atoms with Crippen LogP contribution in [-0.2, 0) is 19.5 Å². The minimum atomic E-state index is -0.153. The summed E-state index contributed by atoms with van der Waals surface area (Å²) in [7, 11) is 0. The van der Waals surface area contributed by atoms with Gasteiger partial charge in [0.15, 0.2) is 0 Å². The van der Waals surface area contributed by atoms with Crippen LogP contribution in [0.3, 0.4) is 0 Å². The van der Waals surface area contributed by atoms with Crippen molar-refractivity contribution < 1.29 is 4.79 Å². The molecule has 2 amide bonds. The first-order valence-electron chi connectivity index (χ1n) is 8.65. The molecule has 0 saturated heterocycles. The highest BCUT2D eigenvalue weighted by atomic mass is 35.5. The number of nitrogens with one attached hydrogen (secondary N) is 2. The normalized spacial score (nSPS) is 10.5. The number of urea groups is 1. The van der Waals surface area contributed by atoms with Crippen LogP contribution in [0.4, 0.5) is 4.79 Å². The molecule has 0 unspecified atom stereocenters. The summed E-state index contributed by atoms with van der Waals surface area (Å²) in [6.07, 6.45) is 2.83. The van der Waals surface area contributed by atoms with Crippen LogP contribution in [0.15, 0.2) is 72.9 Å². The molecule has 1 aromatic heterocycles. The zero-order valence-electron chi connectivity index (χ0n) is 14.5. The molecule has 0 aliphatic rings. The lowest BCUT2D eigenvalue weighted by Crippen LogP contribution is -2.36. The second-order valence-electron chi connectivity index (χ2n) is 6.10. The molecule has 2 aromatic carbocycles. The molecule has 4 nitrogen and oxygen atoms in total. The highest BCUT2D eigenvalue weighted by molar-refractivity contribution is 6.30. The Bertz CT molecular complexity index is 828. The standard InChI is InChI=1S/C21H22ClN3O/c22-19-10-8-18(9-11-19)16-25-14-4-7-20(25)15-24-21(26)23-13-12-17-5-2-1-3-6-17/h1-11,14H,12-13,15-16H2,(H2,23,24,26). The van der Waals surface area contributed by atoms with Crippen LogP contribution < -0.4 is 10.6 Å². The monoisotopic (exact) mass is 367 g/mol. The minimum absolute atomic E-state index is 0.153. The maximum Gasteiger partial charge on any atom is 0.315 e. The van der Waals surface area contributed by atoms with Crippen LogP contribution in [0.25, 0.3) is 0 Å².